The third kappa shape index (κ3) is 3.76. The molecule has 0 radical (unpaired) electrons. The van der Waals surface area contributed by atoms with Gasteiger partial charge in [-0.3, -0.25) is 0 Å². The number of fused-ring (bicyclic) bond motifs is 1. The molecule has 1 N–H and O–H groups in total. The van der Waals surface area contributed by atoms with Gasteiger partial charge in [-0.25, -0.2) is 9.50 Å². The second-order valence-electron chi connectivity index (χ2n) is 6.93. The molecule has 7 nitrogen and oxygen atoms in total. The predicted molar refractivity (Wildman–Crippen MR) is 112 cm³/mol. The molecule has 9 heteroatoms. The number of aliphatic hydroxyl groups is 1. The van der Waals surface area contributed by atoms with Crippen molar-refractivity contribution in [2.45, 2.75) is 18.6 Å². The molecule has 29 heavy (non-hydrogen) atoms. The molecule has 0 spiro atoms. The molecular weight excluding hydrogens is 412 g/mol. The Labute approximate surface area is 176 Å². The molecule has 1 aliphatic heterocycles. The van der Waals surface area contributed by atoms with Crippen LogP contribution in [0.4, 0.5) is 5.13 Å². The standard InChI is InChI=1S/C20H19ClN4O3S/c21-14-5-3-13(4-6-14)16-11-25-19(22-16)29-20(23-25)24-7-9-27-12-15(24)10-17(26)18-2-1-8-28-18/h1-6,8,11,15,17,26H,7,9-10,12H2. The number of halogens is 1. The first-order valence-electron chi connectivity index (χ1n) is 9.35. The first kappa shape index (κ1) is 18.6. The van der Waals surface area contributed by atoms with Gasteiger partial charge in [-0.15, -0.1) is 5.10 Å². The molecular formula is C20H19ClN4O3S. The number of aliphatic hydroxyl groups excluding tert-OH is 1. The number of aromatic nitrogens is 3. The van der Waals surface area contributed by atoms with Gasteiger partial charge in [0.2, 0.25) is 10.1 Å². The summed E-state index contributed by atoms with van der Waals surface area (Å²) in [6.45, 7) is 1.89. The van der Waals surface area contributed by atoms with Crippen molar-refractivity contribution in [2.75, 3.05) is 24.7 Å². The number of morpholine rings is 1. The van der Waals surface area contributed by atoms with Crippen molar-refractivity contribution in [3.63, 3.8) is 0 Å². The molecule has 2 atom stereocenters. The van der Waals surface area contributed by atoms with Crippen LogP contribution in [-0.4, -0.2) is 45.5 Å². The van der Waals surface area contributed by atoms with Crippen LogP contribution in [0.1, 0.15) is 18.3 Å². The zero-order valence-corrected chi connectivity index (χ0v) is 17.0. The summed E-state index contributed by atoms with van der Waals surface area (Å²) in [7, 11) is 0. The number of ether oxygens (including phenoxy) is 1. The van der Waals surface area contributed by atoms with Crippen molar-refractivity contribution < 1.29 is 14.3 Å². The van der Waals surface area contributed by atoms with Gasteiger partial charge in [-0.2, -0.15) is 0 Å². The fourth-order valence-electron chi connectivity index (χ4n) is 3.52. The lowest BCUT2D eigenvalue weighted by atomic mass is 10.1. The van der Waals surface area contributed by atoms with Crippen LogP contribution in [0.2, 0.25) is 5.02 Å². The van der Waals surface area contributed by atoms with E-state index in [2.05, 4.69) is 4.90 Å². The highest BCUT2D eigenvalue weighted by Crippen LogP contribution is 2.31. The van der Waals surface area contributed by atoms with Crippen LogP contribution in [-0.2, 0) is 4.74 Å². The maximum Gasteiger partial charge on any atom is 0.214 e. The molecule has 150 valence electrons. The first-order chi connectivity index (χ1) is 14.2. The zero-order chi connectivity index (χ0) is 19.8. The molecule has 2 unspecified atom stereocenters. The molecule has 0 aliphatic carbocycles. The smallest absolute Gasteiger partial charge is 0.214 e. The summed E-state index contributed by atoms with van der Waals surface area (Å²) in [5.41, 5.74) is 1.86. The third-order valence-corrected chi connectivity index (χ3v) is 6.22. The summed E-state index contributed by atoms with van der Waals surface area (Å²) < 4.78 is 12.8. The lowest BCUT2D eigenvalue weighted by Gasteiger charge is -2.35. The van der Waals surface area contributed by atoms with Gasteiger partial charge in [0, 0.05) is 23.6 Å². The first-order valence-corrected chi connectivity index (χ1v) is 10.5. The van der Waals surface area contributed by atoms with Gasteiger partial charge in [-0.1, -0.05) is 35.1 Å². The Morgan fingerprint density at radius 2 is 2.14 bits per heavy atom. The number of imidazole rings is 1. The van der Waals surface area contributed by atoms with Crippen molar-refractivity contribution in [3.8, 4) is 11.3 Å². The van der Waals surface area contributed by atoms with Gasteiger partial charge < -0.3 is 19.2 Å². The van der Waals surface area contributed by atoms with E-state index in [1.54, 1.807) is 22.9 Å². The number of hydrogen-bond donors (Lipinski definition) is 1. The van der Waals surface area contributed by atoms with E-state index in [9.17, 15) is 5.11 Å². The molecule has 4 aromatic rings. The molecule has 0 bridgehead atoms. The topological polar surface area (TPSA) is 76.0 Å². The largest absolute Gasteiger partial charge is 0.467 e. The quantitative estimate of drug-likeness (QED) is 0.515. The molecule has 1 aromatic carbocycles. The monoisotopic (exact) mass is 430 g/mol. The van der Waals surface area contributed by atoms with Gasteiger partial charge >= 0.3 is 0 Å². The predicted octanol–water partition coefficient (Wildman–Crippen LogP) is 4.03. The van der Waals surface area contributed by atoms with E-state index in [4.69, 9.17) is 30.8 Å². The fourth-order valence-corrected chi connectivity index (χ4v) is 4.63. The summed E-state index contributed by atoms with van der Waals surface area (Å²) in [6.07, 6.45) is 3.32. The molecule has 4 heterocycles. The Morgan fingerprint density at radius 1 is 1.28 bits per heavy atom. The Hall–Kier alpha value is -2.39. The molecule has 3 aromatic heterocycles. The van der Waals surface area contributed by atoms with E-state index in [0.29, 0.717) is 30.4 Å². The number of anilines is 1. The van der Waals surface area contributed by atoms with Gasteiger partial charge in [0.25, 0.3) is 0 Å². The lowest BCUT2D eigenvalue weighted by molar-refractivity contribution is 0.0618. The van der Waals surface area contributed by atoms with E-state index in [1.807, 2.05) is 30.5 Å². The highest BCUT2D eigenvalue weighted by molar-refractivity contribution is 7.20. The second kappa shape index (κ2) is 7.79. The van der Waals surface area contributed by atoms with Crippen molar-refractivity contribution in [3.05, 3.63) is 59.6 Å². The minimum absolute atomic E-state index is 0.00967. The number of hydrogen-bond acceptors (Lipinski definition) is 7. The highest BCUT2D eigenvalue weighted by atomic mass is 35.5. The van der Waals surface area contributed by atoms with Crippen LogP contribution < -0.4 is 4.90 Å². The van der Waals surface area contributed by atoms with Gasteiger partial charge in [0.15, 0.2) is 0 Å². The molecule has 1 saturated heterocycles. The molecule has 1 fully saturated rings. The van der Waals surface area contributed by atoms with Crippen molar-refractivity contribution >= 4 is 33.0 Å². The Balaban J connectivity index is 1.38. The van der Waals surface area contributed by atoms with E-state index in [1.165, 1.54) is 11.3 Å². The molecule has 0 amide bonds. The maximum atomic E-state index is 10.5. The summed E-state index contributed by atoms with van der Waals surface area (Å²) in [6, 6.07) is 11.2. The number of furan rings is 1. The minimum Gasteiger partial charge on any atom is -0.467 e. The average molecular weight is 431 g/mol. The van der Waals surface area contributed by atoms with E-state index >= 15 is 0 Å². The maximum absolute atomic E-state index is 10.5. The van der Waals surface area contributed by atoms with Crippen LogP contribution in [0, 0.1) is 0 Å². The van der Waals surface area contributed by atoms with Gasteiger partial charge in [0.1, 0.15) is 11.9 Å². The SMILES string of the molecule is OC(CC1COCCN1c1nn2cc(-c3ccc(Cl)cc3)nc2s1)c1ccco1. The third-order valence-electron chi connectivity index (χ3n) is 5.01. The van der Waals surface area contributed by atoms with Crippen molar-refractivity contribution in [2.24, 2.45) is 0 Å². The van der Waals surface area contributed by atoms with Crippen LogP contribution in [0.3, 0.4) is 0 Å². The van der Waals surface area contributed by atoms with Crippen LogP contribution in [0.15, 0.2) is 53.3 Å². The normalized spacial score (nSPS) is 18.4. The van der Waals surface area contributed by atoms with E-state index in [-0.39, 0.29) is 6.04 Å². The van der Waals surface area contributed by atoms with Crippen LogP contribution in [0.25, 0.3) is 16.2 Å². The van der Waals surface area contributed by atoms with E-state index in [0.717, 1.165) is 27.9 Å². The molecule has 1 aliphatic rings. The van der Waals surface area contributed by atoms with Gasteiger partial charge in [0.05, 0.1) is 37.4 Å². The number of nitrogens with zero attached hydrogens (tertiary/aromatic N) is 4. The molecule has 0 saturated carbocycles. The minimum atomic E-state index is -0.681. The van der Waals surface area contributed by atoms with Crippen LogP contribution >= 0.6 is 22.9 Å². The summed E-state index contributed by atoms with van der Waals surface area (Å²) in [4.78, 5) is 7.72. The Bertz CT molecular complexity index is 1060. The lowest BCUT2D eigenvalue weighted by Crippen LogP contribution is -2.46. The zero-order valence-electron chi connectivity index (χ0n) is 15.4. The second-order valence-corrected chi connectivity index (χ2v) is 8.30. The summed E-state index contributed by atoms with van der Waals surface area (Å²) in [5, 5.41) is 16.8. The van der Waals surface area contributed by atoms with Crippen molar-refractivity contribution in [1.29, 1.82) is 0 Å². The Morgan fingerprint density at radius 3 is 2.90 bits per heavy atom. The van der Waals surface area contributed by atoms with E-state index < -0.39 is 6.10 Å². The number of benzene rings is 1. The Kier molecular flexibility index (Phi) is 5.01. The summed E-state index contributed by atoms with van der Waals surface area (Å²) in [5.74, 6) is 0.567. The highest BCUT2D eigenvalue weighted by Gasteiger charge is 2.29. The fraction of sp³-hybridized carbons (Fsp3) is 0.300. The molecule has 5 rings (SSSR count). The summed E-state index contributed by atoms with van der Waals surface area (Å²) >= 11 is 7.50. The van der Waals surface area contributed by atoms with Gasteiger partial charge in [-0.05, 0) is 24.3 Å². The van der Waals surface area contributed by atoms with Crippen molar-refractivity contribution in [1.82, 2.24) is 14.6 Å². The number of rotatable bonds is 5. The average Bonchev–Trinajstić information content (AvgIpc) is 3.45. The van der Waals surface area contributed by atoms with Crippen LogP contribution in [0.5, 0.6) is 0 Å².